The Kier molecular flexibility index (Phi) is 12.4. The molecular formula is C40H57N4O4+. The molecular weight excluding hydrogens is 600 g/mol. The lowest BCUT2D eigenvalue weighted by Gasteiger charge is -2.34. The van der Waals surface area contributed by atoms with Crippen molar-refractivity contribution in [2.75, 3.05) is 36.4 Å². The summed E-state index contributed by atoms with van der Waals surface area (Å²) in [6, 6.07) is 4.01. The topological polar surface area (TPSA) is 105 Å². The molecule has 1 aromatic rings. The molecule has 0 radical (unpaired) electrons. The lowest BCUT2D eigenvalue weighted by atomic mass is 9.76. The van der Waals surface area contributed by atoms with Crippen LogP contribution in [0.5, 0.6) is 0 Å². The van der Waals surface area contributed by atoms with E-state index in [1.165, 1.54) is 0 Å². The standard InChI is InChI=1S/C40H56N4O4/c1-5-7-9-11-17-35(45)41-31-25-33(43-19-13-14-20-43)27(3)23-29(31)37-39(47)38(40(37)48)30-24-28(4)34(44-21-15-16-22-44)26-32(30)42-36(46)18-12-10-8-6-2/h23-26,39,47H,5-22H2,1-4H3,(H2,41,42,45,46,48)/p+1. The van der Waals surface area contributed by atoms with Gasteiger partial charge in [0.05, 0.1) is 11.4 Å². The Bertz CT molecular complexity index is 1530. The highest BCUT2D eigenvalue weighted by molar-refractivity contribution is 6.08. The van der Waals surface area contributed by atoms with Crippen LogP contribution in [0.25, 0.3) is 5.57 Å². The fraction of sp³-hybridized carbons (Fsp3) is 0.575. The molecule has 8 heteroatoms. The molecule has 2 saturated heterocycles. The van der Waals surface area contributed by atoms with Crippen LogP contribution in [0.4, 0.5) is 11.4 Å². The highest BCUT2D eigenvalue weighted by Gasteiger charge is 2.40. The summed E-state index contributed by atoms with van der Waals surface area (Å²) in [4.78, 5) is 28.6. The van der Waals surface area contributed by atoms with Crippen molar-refractivity contribution in [3.8, 4) is 0 Å². The van der Waals surface area contributed by atoms with Crippen LogP contribution in [-0.2, 0) is 9.59 Å². The fourth-order valence-electron chi connectivity index (χ4n) is 7.51. The molecule has 2 aliphatic heterocycles. The van der Waals surface area contributed by atoms with E-state index in [4.69, 9.17) is 0 Å². The van der Waals surface area contributed by atoms with Gasteiger partial charge in [-0.3, -0.25) is 9.59 Å². The maximum absolute atomic E-state index is 13.1. The molecule has 0 bridgehead atoms. The smallest absolute Gasteiger partial charge is 0.224 e. The van der Waals surface area contributed by atoms with Crippen LogP contribution in [0.1, 0.15) is 122 Å². The van der Waals surface area contributed by atoms with Crippen LogP contribution < -0.4 is 15.5 Å². The van der Waals surface area contributed by atoms with Gasteiger partial charge in [0.2, 0.25) is 17.5 Å². The summed E-state index contributed by atoms with van der Waals surface area (Å²) >= 11 is 0. The number of rotatable bonds is 14. The van der Waals surface area contributed by atoms with Crippen LogP contribution in [0.2, 0.25) is 0 Å². The highest BCUT2D eigenvalue weighted by atomic mass is 16.3. The first kappa shape index (κ1) is 35.7. The zero-order valence-corrected chi connectivity index (χ0v) is 29.7. The van der Waals surface area contributed by atoms with Crippen molar-refractivity contribution in [3.05, 3.63) is 63.6 Å². The molecule has 8 nitrogen and oxygen atoms in total. The first-order chi connectivity index (χ1) is 23.2. The fourth-order valence-corrected chi connectivity index (χ4v) is 7.51. The summed E-state index contributed by atoms with van der Waals surface area (Å²) in [5.41, 5.74) is 7.54. The SMILES string of the molecule is CCCCCCC(=O)NC1=CC(=[N+]2CCCC2)C(C)=C/C1=C1\C(O)=C(c2cc(C)c(N3CCCC3)cc2NC(=O)CCCCCC)C1O. The molecule has 2 heterocycles. The van der Waals surface area contributed by atoms with E-state index in [2.05, 4.69) is 47.8 Å². The van der Waals surface area contributed by atoms with E-state index < -0.39 is 6.10 Å². The second-order valence-corrected chi connectivity index (χ2v) is 14.1. The van der Waals surface area contributed by atoms with Gasteiger partial charge in [-0.2, -0.15) is 0 Å². The van der Waals surface area contributed by atoms with Crippen molar-refractivity contribution in [2.24, 2.45) is 0 Å². The number of nitrogens with zero attached hydrogens (tertiary/aromatic N) is 2. The lowest BCUT2D eigenvalue weighted by Crippen LogP contribution is -2.34. The number of aryl methyl sites for hydroxylation is 1. The molecule has 48 heavy (non-hydrogen) atoms. The minimum absolute atomic E-state index is 0.000958. The van der Waals surface area contributed by atoms with E-state index in [0.717, 1.165) is 126 Å². The van der Waals surface area contributed by atoms with Gasteiger partial charge in [0.15, 0.2) is 0 Å². The zero-order chi connectivity index (χ0) is 34.2. The van der Waals surface area contributed by atoms with Crippen molar-refractivity contribution in [1.29, 1.82) is 0 Å². The Morgan fingerprint density at radius 2 is 1.46 bits per heavy atom. The maximum atomic E-state index is 13.1. The molecule has 5 rings (SSSR count). The first-order valence-electron chi connectivity index (χ1n) is 18.6. The molecule has 2 fully saturated rings. The third kappa shape index (κ3) is 8.13. The van der Waals surface area contributed by atoms with Gasteiger partial charge in [0, 0.05) is 78.4 Å². The molecule has 4 N–H and O–H groups in total. The molecule has 0 spiro atoms. The summed E-state index contributed by atoms with van der Waals surface area (Å²) in [6.07, 6.45) is 16.4. The average Bonchev–Trinajstić information content (AvgIpc) is 3.80. The number of unbranched alkanes of at least 4 members (excludes halogenated alkanes) is 6. The normalized spacial score (nSPS) is 21.0. The molecule has 4 aliphatic rings. The number of hydrogen-bond donors (Lipinski definition) is 4. The van der Waals surface area contributed by atoms with Gasteiger partial charge in [0.1, 0.15) is 25.0 Å². The van der Waals surface area contributed by atoms with E-state index in [1.54, 1.807) is 0 Å². The number of amides is 2. The van der Waals surface area contributed by atoms with Crippen LogP contribution in [0, 0.1) is 6.92 Å². The molecule has 1 aromatic carbocycles. The van der Waals surface area contributed by atoms with Gasteiger partial charge in [-0.1, -0.05) is 52.4 Å². The monoisotopic (exact) mass is 657 g/mol. The molecule has 1 unspecified atom stereocenters. The van der Waals surface area contributed by atoms with Gasteiger partial charge in [-0.15, -0.1) is 0 Å². The van der Waals surface area contributed by atoms with Gasteiger partial charge in [0.25, 0.3) is 0 Å². The molecule has 0 saturated carbocycles. The summed E-state index contributed by atoms with van der Waals surface area (Å²) in [7, 11) is 0. The first-order valence-corrected chi connectivity index (χ1v) is 18.6. The van der Waals surface area contributed by atoms with Crippen LogP contribution >= 0.6 is 0 Å². The lowest BCUT2D eigenvalue weighted by molar-refractivity contribution is -0.504. The van der Waals surface area contributed by atoms with Crippen molar-refractivity contribution in [1.82, 2.24) is 5.32 Å². The minimum atomic E-state index is -1.08. The van der Waals surface area contributed by atoms with Gasteiger partial charge in [-0.05, 0) is 63.3 Å². The molecule has 2 aliphatic carbocycles. The van der Waals surface area contributed by atoms with Crippen molar-refractivity contribution in [2.45, 2.75) is 124 Å². The number of allylic oxidation sites excluding steroid dienone is 3. The molecule has 2 amide bonds. The van der Waals surface area contributed by atoms with E-state index in [9.17, 15) is 19.8 Å². The Labute approximate surface area is 287 Å². The Morgan fingerprint density at radius 3 is 2.06 bits per heavy atom. The van der Waals surface area contributed by atoms with Crippen LogP contribution in [0.15, 0.2) is 52.5 Å². The number of carbonyl (C=O) groups excluding carboxylic acids is 2. The number of benzene rings is 1. The third-order valence-corrected chi connectivity index (χ3v) is 10.3. The van der Waals surface area contributed by atoms with E-state index in [1.807, 2.05) is 24.3 Å². The van der Waals surface area contributed by atoms with Gasteiger partial charge >= 0.3 is 0 Å². The number of nitrogens with one attached hydrogen (secondary N) is 2. The van der Waals surface area contributed by atoms with Gasteiger partial charge < -0.3 is 25.7 Å². The number of carbonyl (C=O) groups is 2. The summed E-state index contributed by atoms with van der Waals surface area (Å²) in [6.45, 7) is 12.3. The molecule has 260 valence electrons. The zero-order valence-electron chi connectivity index (χ0n) is 29.7. The van der Waals surface area contributed by atoms with Gasteiger partial charge in [-0.25, -0.2) is 4.58 Å². The summed E-state index contributed by atoms with van der Waals surface area (Å²) in [5.74, 6) is -0.112. The Balaban J connectivity index is 1.51. The molecule has 1 atom stereocenters. The molecule has 0 aromatic heterocycles. The quantitative estimate of drug-likeness (QED) is 0.122. The predicted molar refractivity (Wildman–Crippen MR) is 196 cm³/mol. The van der Waals surface area contributed by atoms with Crippen LogP contribution in [0.3, 0.4) is 0 Å². The number of hydrogen-bond acceptors (Lipinski definition) is 5. The summed E-state index contributed by atoms with van der Waals surface area (Å²) in [5, 5.41) is 29.8. The van der Waals surface area contributed by atoms with E-state index in [0.29, 0.717) is 46.5 Å². The second-order valence-electron chi connectivity index (χ2n) is 14.1. The summed E-state index contributed by atoms with van der Waals surface area (Å²) < 4.78 is 2.35. The van der Waals surface area contributed by atoms with E-state index >= 15 is 0 Å². The predicted octanol–water partition coefficient (Wildman–Crippen LogP) is 7.62. The second kappa shape index (κ2) is 16.6. The Morgan fingerprint density at radius 1 is 0.833 bits per heavy atom. The average molecular weight is 658 g/mol. The van der Waals surface area contributed by atoms with Crippen molar-refractivity contribution < 1.29 is 24.4 Å². The number of anilines is 2. The minimum Gasteiger partial charge on any atom is -0.507 e. The largest absolute Gasteiger partial charge is 0.507 e. The third-order valence-electron chi connectivity index (χ3n) is 10.3. The number of aliphatic hydroxyl groups excluding tert-OH is 2. The number of aliphatic hydroxyl groups is 2. The highest BCUT2D eigenvalue weighted by Crippen LogP contribution is 2.47. The Hall–Kier alpha value is -3.65. The van der Waals surface area contributed by atoms with Crippen molar-refractivity contribution in [3.63, 3.8) is 0 Å². The van der Waals surface area contributed by atoms with Crippen LogP contribution in [-0.4, -0.2) is 64.6 Å². The van der Waals surface area contributed by atoms with E-state index in [-0.39, 0.29) is 17.6 Å². The van der Waals surface area contributed by atoms with Crippen molar-refractivity contribution >= 4 is 34.5 Å². The maximum Gasteiger partial charge on any atom is 0.224 e.